The van der Waals surface area contributed by atoms with Gasteiger partial charge >= 0.3 is 0 Å². The third-order valence-electron chi connectivity index (χ3n) is 4.72. The number of hydrogen-bond acceptors (Lipinski definition) is 3. The molecule has 1 amide bonds. The molecule has 2 N–H and O–H groups in total. The Kier molecular flexibility index (Phi) is 5.16. The van der Waals surface area contributed by atoms with Crippen LogP contribution in [0.2, 0.25) is 0 Å². The molecule has 1 aromatic rings. The van der Waals surface area contributed by atoms with Crippen LogP contribution in [0.1, 0.15) is 48.2 Å². The molecule has 5 nitrogen and oxygen atoms in total. The van der Waals surface area contributed by atoms with Crippen molar-refractivity contribution in [2.75, 3.05) is 13.1 Å². The molecule has 0 saturated carbocycles. The summed E-state index contributed by atoms with van der Waals surface area (Å²) in [5.41, 5.74) is 2.01. The monoisotopic (exact) mass is 338 g/mol. The Morgan fingerprint density at radius 2 is 1.87 bits per heavy atom. The highest BCUT2D eigenvalue weighted by atomic mass is 32.2. The molecule has 0 unspecified atom stereocenters. The van der Waals surface area contributed by atoms with Crippen LogP contribution < -0.4 is 5.14 Å². The van der Waals surface area contributed by atoms with Gasteiger partial charge in [-0.05, 0) is 61.8 Å². The third-order valence-corrected chi connectivity index (χ3v) is 5.61. The van der Waals surface area contributed by atoms with E-state index in [0.29, 0.717) is 30.5 Å². The smallest absolute Gasteiger partial charge is 0.254 e. The molecule has 1 fully saturated rings. The summed E-state index contributed by atoms with van der Waals surface area (Å²) in [7, 11) is -3.83. The summed E-state index contributed by atoms with van der Waals surface area (Å²) in [4.78, 5) is 14.8. The molecule has 128 valence electrons. The van der Waals surface area contributed by atoms with E-state index in [-0.39, 0.29) is 10.8 Å². The summed E-state index contributed by atoms with van der Waals surface area (Å²) in [5.74, 6) is 0.942. The van der Waals surface area contributed by atoms with E-state index in [9.17, 15) is 13.2 Å². The SMILES string of the molecule is Cc1cc(S(N)(=O)=O)cc(C(=O)N2CC[C@@H](C)C[C@@H](C)C2)c1C. The largest absolute Gasteiger partial charge is 0.338 e. The van der Waals surface area contributed by atoms with Crippen LogP contribution in [0.5, 0.6) is 0 Å². The highest BCUT2D eigenvalue weighted by molar-refractivity contribution is 7.89. The molecule has 2 atom stereocenters. The van der Waals surface area contributed by atoms with Crippen molar-refractivity contribution in [3.63, 3.8) is 0 Å². The van der Waals surface area contributed by atoms with Gasteiger partial charge in [0.15, 0.2) is 0 Å². The lowest BCUT2D eigenvalue weighted by Crippen LogP contribution is -2.34. The van der Waals surface area contributed by atoms with Gasteiger partial charge in [0, 0.05) is 18.7 Å². The maximum Gasteiger partial charge on any atom is 0.254 e. The van der Waals surface area contributed by atoms with Crippen molar-refractivity contribution in [1.29, 1.82) is 0 Å². The van der Waals surface area contributed by atoms with Gasteiger partial charge in [0.25, 0.3) is 5.91 Å². The molecule has 1 aliphatic rings. The quantitative estimate of drug-likeness (QED) is 0.899. The molecule has 0 radical (unpaired) electrons. The van der Waals surface area contributed by atoms with Gasteiger partial charge in [-0.1, -0.05) is 13.8 Å². The van der Waals surface area contributed by atoms with Gasteiger partial charge in [-0.15, -0.1) is 0 Å². The van der Waals surface area contributed by atoms with Crippen LogP contribution in [0.4, 0.5) is 0 Å². The fraction of sp³-hybridized carbons (Fsp3) is 0.588. The van der Waals surface area contributed by atoms with E-state index in [1.54, 1.807) is 6.92 Å². The fourth-order valence-corrected chi connectivity index (χ4v) is 3.91. The summed E-state index contributed by atoms with van der Waals surface area (Å²) < 4.78 is 23.3. The predicted molar refractivity (Wildman–Crippen MR) is 90.8 cm³/mol. The van der Waals surface area contributed by atoms with Gasteiger partial charge in [0.2, 0.25) is 10.0 Å². The van der Waals surface area contributed by atoms with Gasteiger partial charge in [-0.3, -0.25) is 4.79 Å². The van der Waals surface area contributed by atoms with Crippen LogP contribution in [0.15, 0.2) is 17.0 Å². The Morgan fingerprint density at radius 1 is 1.22 bits per heavy atom. The van der Waals surface area contributed by atoms with Crippen molar-refractivity contribution >= 4 is 15.9 Å². The molecule has 1 heterocycles. The number of nitrogens with two attached hydrogens (primary N) is 1. The third kappa shape index (κ3) is 4.12. The number of aryl methyl sites for hydroxylation is 1. The molecule has 0 aliphatic carbocycles. The molecule has 0 aromatic heterocycles. The molecule has 0 bridgehead atoms. The van der Waals surface area contributed by atoms with Crippen molar-refractivity contribution in [3.05, 3.63) is 28.8 Å². The van der Waals surface area contributed by atoms with Crippen LogP contribution in [0, 0.1) is 25.7 Å². The van der Waals surface area contributed by atoms with Crippen molar-refractivity contribution < 1.29 is 13.2 Å². The minimum absolute atomic E-state index is 0.000175. The highest BCUT2D eigenvalue weighted by Gasteiger charge is 2.26. The maximum absolute atomic E-state index is 12.9. The van der Waals surface area contributed by atoms with Gasteiger partial charge in [0.05, 0.1) is 4.90 Å². The second kappa shape index (κ2) is 6.61. The van der Waals surface area contributed by atoms with Crippen molar-refractivity contribution in [2.45, 2.75) is 45.4 Å². The Labute approximate surface area is 138 Å². The maximum atomic E-state index is 12.9. The van der Waals surface area contributed by atoms with Crippen molar-refractivity contribution in [3.8, 4) is 0 Å². The normalized spacial score (nSPS) is 22.7. The number of hydrogen-bond donors (Lipinski definition) is 1. The summed E-state index contributed by atoms with van der Waals surface area (Å²) >= 11 is 0. The number of nitrogens with zero attached hydrogens (tertiary/aromatic N) is 1. The molecule has 1 saturated heterocycles. The summed E-state index contributed by atoms with van der Waals surface area (Å²) in [6.45, 7) is 9.43. The first-order valence-electron chi connectivity index (χ1n) is 8.03. The van der Waals surface area contributed by atoms with E-state index >= 15 is 0 Å². The zero-order valence-electron chi connectivity index (χ0n) is 14.3. The standard InChI is InChI=1S/C17H26N2O3S/c1-11-5-6-19(10-12(2)7-11)17(20)16-9-15(23(18,21)22)8-13(3)14(16)4/h8-9,11-12H,5-7,10H2,1-4H3,(H2,18,21,22)/t11-,12-/m1/s1. The molecule has 23 heavy (non-hydrogen) atoms. The van der Waals surface area contributed by atoms with Crippen molar-refractivity contribution in [1.82, 2.24) is 4.90 Å². The Bertz CT molecular complexity index is 713. The zero-order chi connectivity index (χ0) is 17.4. The second-order valence-electron chi connectivity index (χ2n) is 6.94. The Hall–Kier alpha value is -1.40. The molecule has 1 aromatic carbocycles. The fourth-order valence-electron chi connectivity index (χ4n) is 3.29. The molecule has 1 aliphatic heterocycles. The number of amides is 1. The lowest BCUT2D eigenvalue weighted by Gasteiger charge is -2.24. The number of likely N-dealkylation sites (tertiary alicyclic amines) is 1. The van der Waals surface area contributed by atoms with Crippen LogP contribution in [0.25, 0.3) is 0 Å². The van der Waals surface area contributed by atoms with E-state index < -0.39 is 10.0 Å². The van der Waals surface area contributed by atoms with Crippen molar-refractivity contribution in [2.24, 2.45) is 17.0 Å². The van der Waals surface area contributed by atoms with E-state index in [4.69, 9.17) is 5.14 Å². The lowest BCUT2D eigenvalue weighted by atomic mass is 9.97. The van der Waals surface area contributed by atoms with Gasteiger partial charge in [0.1, 0.15) is 0 Å². The topological polar surface area (TPSA) is 80.5 Å². The van der Waals surface area contributed by atoms with Crippen LogP contribution >= 0.6 is 0 Å². The first-order chi connectivity index (χ1) is 10.6. The number of primary sulfonamides is 1. The molecule has 6 heteroatoms. The molecule has 2 rings (SSSR count). The van der Waals surface area contributed by atoms with Gasteiger partial charge < -0.3 is 4.90 Å². The number of benzene rings is 1. The van der Waals surface area contributed by atoms with Crippen LogP contribution in [0.3, 0.4) is 0 Å². The minimum Gasteiger partial charge on any atom is -0.338 e. The van der Waals surface area contributed by atoms with E-state index in [2.05, 4.69) is 13.8 Å². The lowest BCUT2D eigenvalue weighted by molar-refractivity contribution is 0.0743. The van der Waals surface area contributed by atoms with Gasteiger partial charge in [-0.25, -0.2) is 13.6 Å². The van der Waals surface area contributed by atoms with Gasteiger partial charge in [-0.2, -0.15) is 0 Å². The minimum atomic E-state index is -3.83. The summed E-state index contributed by atoms with van der Waals surface area (Å²) in [5, 5.41) is 5.24. The molecular formula is C17H26N2O3S. The van der Waals surface area contributed by atoms with Crippen LogP contribution in [-0.2, 0) is 10.0 Å². The predicted octanol–water partition coefficient (Wildman–Crippen LogP) is 2.46. The van der Waals surface area contributed by atoms with E-state index in [1.807, 2.05) is 11.8 Å². The second-order valence-corrected chi connectivity index (χ2v) is 8.51. The highest BCUT2D eigenvalue weighted by Crippen LogP contribution is 2.25. The average molecular weight is 338 g/mol. The first-order valence-corrected chi connectivity index (χ1v) is 9.57. The zero-order valence-corrected chi connectivity index (χ0v) is 15.1. The summed E-state index contributed by atoms with van der Waals surface area (Å²) in [6.07, 6.45) is 2.09. The Balaban J connectivity index is 2.40. The van der Waals surface area contributed by atoms with E-state index in [1.165, 1.54) is 12.1 Å². The first kappa shape index (κ1) is 17.9. The number of carbonyl (C=O) groups excluding carboxylic acids is 1. The van der Waals surface area contributed by atoms with E-state index in [0.717, 1.165) is 24.0 Å². The Morgan fingerprint density at radius 3 is 2.48 bits per heavy atom. The number of rotatable bonds is 2. The molecule has 0 spiro atoms. The van der Waals surface area contributed by atoms with Crippen LogP contribution in [-0.4, -0.2) is 32.3 Å². The number of carbonyl (C=O) groups is 1. The average Bonchev–Trinajstić information content (AvgIpc) is 2.60. The summed E-state index contributed by atoms with van der Waals surface area (Å²) in [6, 6.07) is 2.94. The number of sulfonamides is 1. The molecular weight excluding hydrogens is 312 g/mol.